The van der Waals surface area contributed by atoms with Crippen molar-refractivity contribution in [2.75, 3.05) is 7.11 Å². The van der Waals surface area contributed by atoms with Crippen molar-refractivity contribution in [3.05, 3.63) is 83.6 Å². The molecule has 0 saturated heterocycles. The van der Waals surface area contributed by atoms with Gasteiger partial charge in [-0.15, -0.1) is 0 Å². The molecule has 4 rings (SSSR count). The van der Waals surface area contributed by atoms with Gasteiger partial charge in [-0.25, -0.2) is 4.79 Å². The van der Waals surface area contributed by atoms with Gasteiger partial charge in [0.05, 0.1) is 13.5 Å². The Morgan fingerprint density at radius 1 is 1.13 bits per heavy atom. The molecule has 2 aliphatic heterocycles. The van der Waals surface area contributed by atoms with Gasteiger partial charge in [0.1, 0.15) is 6.04 Å². The van der Waals surface area contributed by atoms with Gasteiger partial charge in [0.15, 0.2) is 12.2 Å². The van der Waals surface area contributed by atoms with Crippen molar-refractivity contribution in [2.45, 2.75) is 44.4 Å². The molecule has 0 bridgehead atoms. The fourth-order valence-corrected chi connectivity index (χ4v) is 3.79. The second-order valence-corrected chi connectivity index (χ2v) is 7.78. The van der Waals surface area contributed by atoms with E-state index in [4.69, 9.17) is 14.3 Å². The predicted octanol–water partition coefficient (Wildman–Crippen LogP) is 4.79. The summed E-state index contributed by atoms with van der Waals surface area (Å²) in [6.45, 7) is 4.30. The van der Waals surface area contributed by atoms with Crippen LogP contribution in [0.25, 0.3) is 0 Å². The van der Waals surface area contributed by atoms with E-state index in [2.05, 4.69) is 31.1 Å². The highest BCUT2D eigenvalue weighted by atomic mass is 16.7. The van der Waals surface area contributed by atoms with Crippen LogP contribution in [0.15, 0.2) is 72.0 Å². The Morgan fingerprint density at radius 2 is 1.87 bits per heavy atom. The molecule has 6 heteroatoms. The lowest BCUT2D eigenvalue weighted by molar-refractivity contribution is -0.0855. The summed E-state index contributed by atoms with van der Waals surface area (Å²) in [6.07, 6.45) is 2.80. The monoisotopic (exact) mass is 406 g/mol. The molecular weight excluding hydrogens is 380 g/mol. The number of nitrogens with zero attached hydrogens (tertiary/aromatic N) is 2. The number of fused-ring (bicyclic) bond motifs is 1. The highest BCUT2D eigenvalue weighted by molar-refractivity contribution is 5.79. The van der Waals surface area contributed by atoms with Crippen LogP contribution in [0.1, 0.15) is 42.5 Å². The molecule has 2 aromatic carbocycles. The number of rotatable bonds is 4. The number of hydrogen-bond donors (Lipinski definition) is 0. The average molecular weight is 406 g/mol. The minimum atomic E-state index is -0.474. The van der Waals surface area contributed by atoms with Gasteiger partial charge in [0.25, 0.3) is 0 Å². The van der Waals surface area contributed by atoms with Gasteiger partial charge in [-0.1, -0.05) is 73.6 Å². The van der Waals surface area contributed by atoms with Crippen molar-refractivity contribution < 1.29 is 19.1 Å². The fraction of sp³-hybridized carbons (Fsp3) is 0.333. The Kier molecular flexibility index (Phi) is 5.74. The van der Waals surface area contributed by atoms with Gasteiger partial charge in [-0.05, 0) is 28.7 Å². The molecule has 0 spiro atoms. The first kappa shape index (κ1) is 20.0. The maximum atomic E-state index is 12.4. The highest BCUT2D eigenvalue weighted by Crippen LogP contribution is 2.36. The first-order valence-corrected chi connectivity index (χ1v) is 10.1. The molecule has 0 saturated carbocycles. The van der Waals surface area contributed by atoms with Crippen LogP contribution >= 0.6 is 0 Å². The second kappa shape index (κ2) is 8.61. The molecule has 0 aliphatic carbocycles. The summed E-state index contributed by atoms with van der Waals surface area (Å²) in [6, 6.07) is 17.8. The van der Waals surface area contributed by atoms with Crippen LogP contribution in [0, 0.1) is 0 Å². The summed E-state index contributed by atoms with van der Waals surface area (Å²) in [5, 5.41) is 4.23. The topological polar surface area (TPSA) is 60.4 Å². The average Bonchev–Trinajstić information content (AvgIpc) is 2.78. The van der Waals surface area contributed by atoms with Gasteiger partial charge in [0.2, 0.25) is 5.90 Å². The van der Waals surface area contributed by atoms with Crippen molar-refractivity contribution in [1.29, 1.82) is 0 Å². The minimum absolute atomic E-state index is 0.350. The zero-order valence-electron chi connectivity index (χ0n) is 17.4. The smallest absolute Gasteiger partial charge is 0.414 e. The summed E-state index contributed by atoms with van der Waals surface area (Å²) in [5.74, 6) is 0.946. The molecule has 3 atom stereocenters. The van der Waals surface area contributed by atoms with Crippen LogP contribution in [0.4, 0.5) is 4.79 Å². The lowest BCUT2D eigenvalue weighted by Crippen LogP contribution is -2.49. The summed E-state index contributed by atoms with van der Waals surface area (Å²) < 4.78 is 11.1. The molecule has 0 fully saturated rings. The van der Waals surface area contributed by atoms with E-state index in [9.17, 15) is 4.79 Å². The van der Waals surface area contributed by atoms with E-state index in [1.807, 2.05) is 48.5 Å². The Hall–Kier alpha value is -3.28. The normalized spacial score (nSPS) is 22.6. The molecule has 2 heterocycles. The van der Waals surface area contributed by atoms with Crippen LogP contribution in [-0.4, -0.2) is 36.2 Å². The molecule has 156 valence electrons. The summed E-state index contributed by atoms with van der Waals surface area (Å²) in [4.78, 5) is 19.9. The van der Waals surface area contributed by atoms with E-state index in [-0.39, 0.29) is 6.10 Å². The van der Waals surface area contributed by atoms with Crippen molar-refractivity contribution in [3.63, 3.8) is 0 Å². The third kappa shape index (κ3) is 4.03. The molecule has 0 N–H and O–H groups in total. The minimum Gasteiger partial charge on any atom is -0.467 e. The van der Waals surface area contributed by atoms with Crippen molar-refractivity contribution in [2.24, 2.45) is 5.16 Å². The van der Waals surface area contributed by atoms with E-state index in [0.29, 0.717) is 18.2 Å². The van der Waals surface area contributed by atoms with Gasteiger partial charge in [0, 0.05) is 6.20 Å². The largest absolute Gasteiger partial charge is 0.467 e. The van der Waals surface area contributed by atoms with E-state index in [1.54, 1.807) is 6.20 Å². The molecule has 6 nitrogen and oxygen atoms in total. The van der Waals surface area contributed by atoms with E-state index in [0.717, 1.165) is 11.1 Å². The zero-order valence-corrected chi connectivity index (χ0v) is 17.4. The zero-order chi connectivity index (χ0) is 21.1. The number of amides is 1. The van der Waals surface area contributed by atoms with Crippen LogP contribution in [0.2, 0.25) is 0 Å². The van der Waals surface area contributed by atoms with Gasteiger partial charge >= 0.3 is 6.09 Å². The third-order valence-electron chi connectivity index (χ3n) is 5.45. The SMILES string of the molecule is COC(=O)N1C=CC2OC(Cc3ccccc3)=NOC2[C@@H]1c1ccc(C(C)C)cc1. The number of ether oxygens (including phenoxy) is 2. The summed E-state index contributed by atoms with van der Waals surface area (Å²) >= 11 is 0. The van der Waals surface area contributed by atoms with Crippen LogP contribution in [-0.2, 0) is 20.7 Å². The number of carbonyl (C=O) groups excluding carboxylic acids is 1. The third-order valence-corrected chi connectivity index (χ3v) is 5.45. The Bertz CT molecular complexity index is 937. The summed E-state index contributed by atoms with van der Waals surface area (Å²) in [7, 11) is 1.37. The van der Waals surface area contributed by atoms with Gasteiger partial charge in [-0.2, -0.15) is 0 Å². The number of methoxy groups -OCH3 is 1. The van der Waals surface area contributed by atoms with Crippen LogP contribution in [0.3, 0.4) is 0 Å². The van der Waals surface area contributed by atoms with E-state index >= 15 is 0 Å². The molecule has 30 heavy (non-hydrogen) atoms. The van der Waals surface area contributed by atoms with Gasteiger partial charge < -0.3 is 14.3 Å². The summed E-state index contributed by atoms with van der Waals surface area (Å²) in [5.41, 5.74) is 3.26. The molecule has 2 aromatic rings. The highest BCUT2D eigenvalue weighted by Gasteiger charge is 2.44. The van der Waals surface area contributed by atoms with Crippen molar-refractivity contribution in [1.82, 2.24) is 4.90 Å². The molecule has 0 aromatic heterocycles. The van der Waals surface area contributed by atoms with E-state index in [1.165, 1.54) is 17.6 Å². The lowest BCUT2D eigenvalue weighted by Gasteiger charge is -2.41. The van der Waals surface area contributed by atoms with Crippen molar-refractivity contribution >= 4 is 12.0 Å². The first-order valence-electron chi connectivity index (χ1n) is 10.1. The molecule has 2 unspecified atom stereocenters. The number of oxime groups is 1. The van der Waals surface area contributed by atoms with Crippen LogP contribution in [0.5, 0.6) is 0 Å². The van der Waals surface area contributed by atoms with Gasteiger partial charge in [-0.3, -0.25) is 4.90 Å². The number of carbonyl (C=O) groups is 1. The fourth-order valence-electron chi connectivity index (χ4n) is 3.79. The molecular formula is C24H26N2O4. The Morgan fingerprint density at radius 3 is 2.53 bits per heavy atom. The van der Waals surface area contributed by atoms with E-state index < -0.39 is 18.2 Å². The second-order valence-electron chi connectivity index (χ2n) is 7.78. The Labute approximate surface area is 176 Å². The molecule has 2 aliphatic rings. The Balaban J connectivity index is 1.61. The first-order chi connectivity index (χ1) is 14.6. The number of hydrogen-bond acceptors (Lipinski definition) is 5. The quantitative estimate of drug-likeness (QED) is 0.733. The molecule has 1 amide bonds. The predicted molar refractivity (Wildman–Crippen MR) is 114 cm³/mol. The maximum Gasteiger partial charge on any atom is 0.414 e. The maximum absolute atomic E-state index is 12.4. The standard InChI is InChI=1S/C24H26N2O4/c1-16(2)18-9-11-19(12-10-18)22-23-20(13-14-26(22)24(27)28-3)29-21(25-30-23)15-17-7-5-4-6-8-17/h4-14,16,20,22-23H,15H2,1-3H3/t20?,22-,23?/m0/s1. The number of benzene rings is 2. The lowest BCUT2D eigenvalue weighted by atomic mass is 9.91. The van der Waals surface area contributed by atoms with Crippen molar-refractivity contribution in [3.8, 4) is 0 Å². The van der Waals surface area contributed by atoms with Crippen LogP contribution < -0.4 is 0 Å². The molecule has 0 radical (unpaired) electrons.